The standard InChI is InChI=1S/C12H12Cl2N4O2S/c13-7-1-5(3-9(15)11(7)17)21(19,20)6-2-8(14)12(18)10(16)4-6/h1-4H,15-18H2. The number of anilines is 4. The summed E-state index contributed by atoms with van der Waals surface area (Å²) in [6, 6.07) is 4.86. The van der Waals surface area contributed by atoms with Crippen molar-refractivity contribution in [2.45, 2.75) is 9.79 Å². The van der Waals surface area contributed by atoms with Crippen molar-refractivity contribution in [3.05, 3.63) is 34.3 Å². The molecule has 21 heavy (non-hydrogen) atoms. The van der Waals surface area contributed by atoms with E-state index in [1.54, 1.807) is 0 Å². The summed E-state index contributed by atoms with van der Waals surface area (Å²) in [7, 11) is -3.90. The zero-order valence-corrected chi connectivity index (χ0v) is 12.9. The van der Waals surface area contributed by atoms with E-state index in [1.165, 1.54) is 24.3 Å². The molecule has 0 amide bonds. The van der Waals surface area contributed by atoms with E-state index in [9.17, 15) is 8.42 Å². The van der Waals surface area contributed by atoms with E-state index in [0.29, 0.717) is 0 Å². The highest BCUT2D eigenvalue weighted by Gasteiger charge is 2.22. The minimum Gasteiger partial charge on any atom is -0.397 e. The number of sulfone groups is 1. The van der Waals surface area contributed by atoms with Gasteiger partial charge in [0.25, 0.3) is 0 Å². The van der Waals surface area contributed by atoms with Crippen molar-refractivity contribution < 1.29 is 8.42 Å². The quantitative estimate of drug-likeness (QED) is 0.614. The van der Waals surface area contributed by atoms with Crippen molar-refractivity contribution in [3.63, 3.8) is 0 Å². The molecule has 0 aromatic heterocycles. The van der Waals surface area contributed by atoms with Crippen LogP contribution in [-0.4, -0.2) is 8.42 Å². The van der Waals surface area contributed by atoms with Crippen LogP contribution in [-0.2, 0) is 9.84 Å². The monoisotopic (exact) mass is 346 g/mol. The molecule has 0 spiro atoms. The second-order valence-corrected chi connectivity index (χ2v) is 7.08. The molecule has 2 aromatic rings. The van der Waals surface area contributed by atoms with E-state index in [0.717, 1.165) is 0 Å². The average Bonchev–Trinajstić information content (AvgIpc) is 2.40. The Bertz CT molecular complexity index is 728. The molecule has 0 saturated heterocycles. The maximum atomic E-state index is 12.6. The molecule has 0 aliphatic carbocycles. The van der Waals surface area contributed by atoms with Crippen LogP contribution in [0, 0.1) is 0 Å². The lowest BCUT2D eigenvalue weighted by molar-refractivity contribution is 0.596. The largest absolute Gasteiger partial charge is 0.397 e. The first kappa shape index (κ1) is 15.6. The molecule has 0 heterocycles. The van der Waals surface area contributed by atoms with Crippen LogP contribution in [0.25, 0.3) is 0 Å². The van der Waals surface area contributed by atoms with E-state index < -0.39 is 9.84 Å². The average molecular weight is 347 g/mol. The van der Waals surface area contributed by atoms with Gasteiger partial charge in [-0.1, -0.05) is 23.2 Å². The number of nitrogens with two attached hydrogens (primary N) is 4. The highest BCUT2D eigenvalue weighted by atomic mass is 35.5. The van der Waals surface area contributed by atoms with E-state index >= 15 is 0 Å². The highest BCUT2D eigenvalue weighted by Crippen LogP contribution is 2.35. The third-order valence-electron chi connectivity index (χ3n) is 2.89. The van der Waals surface area contributed by atoms with Gasteiger partial charge in [-0.3, -0.25) is 0 Å². The minimum atomic E-state index is -3.90. The molecular formula is C12H12Cl2N4O2S. The second-order valence-electron chi connectivity index (χ2n) is 4.32. The summed E-state index contributed by atoms with van der Waals surface area (Å²) < 4.78 is 25.1. The molecule has 0 aliphatic heterocycles. The van der Waals surface area contributed by atoms with Gasteiger partial charge in [-0.15, -0.1) is 0 Å². The van der Waals surface area contributed by atoms with Gasteiger partial charge < -0.3 is 22.9 Å². The Labute approximate surface area is 131 Å². The Balaban J connectivity index is 2.68. The van der Waals surface area contributed by atoms with Crippen LogP contribution >= 0.6 is 23.2 Å². The van der Waals surface area contributed by atoms with E-state index in [1.807, 2.05) is 0 Å². The van der Waals surface area contributed by atoms with Crippen LogP contribution < -0.4 is 22.9 Å². The Morgan fingerprint density at radius 3 is 1.33 bits per heavy atom. The molecule has 0 unspecified atom stereocenters. The van der Waals surface area contributed by atoms with Crippen molar-refractivity contribution in [3.8, 4) is 0 Å². The maximum absolute atomic E-state index is 12.6. The molecule has 6 nitrogen and oxygen atoms in total. The van der Waals surface area contributed by atoms with E-state index in [-0.39, 0.29) is 42.6 Å². The summed E-state index contributed by atoms with van der Waals surface area (Å²) in [6.07, 6.45) is 0. The molecule has 0 bridgehead atoms. The van der Waals surface area contributed by atoms with Gasteiger partial charge in [0.2, 0.25) is 9.84 Å². The van der Waals surface area contributed by atoms with Gasteiger partial charge in [-0.25, -0.2) is 8.42 Å². The maximum Gasteiger partial charge on any atom is 0.206 e. The molecule has 2 aromatic carbocycles. The van der Waals surface area contributed by atoms with Crippen molar-refractivity contribution in [1.29, 1.82) is 0 Å². The molecule has 9 heteroatoms. The van der Waals surface area contributed by atoms with Gasteiger partial charge in [0, 0.05) is 0 Å². The topological polar surface area (TPSA) is 138 Å². The first-order valence-electron chi connectivity index (χ1n) is 5.58. The fraction of sp³-hybridized carbons (Fsp3) is 0. The molecule has 0 atom stereocenters. The summed E-state index contributed by atoms with van der Waals surface area (Å²) in [6.45, 7) is 0. The van der Waals surface area contributed by atoms with Crippen molar-refractivity contribution in [1.82, 2.24) is 0 Å². The smallest absolute Gasteiger partial charge is 0.206 e. The Morgan fingerprint density at radius 1 is 0.714 bits per heavy atom. The van der Waals surface area contributed by atoms with Crippen LogP contribution in [0.5, 0.6) is 0 Å². The van der Waals surface area contributed by atoms with E-state index in [2.05, 4.69) is 0 Å². The summed E-state index contributed by atoms with van der Waals surface area (Å²) in [4.78, 5) is -0.223. The molecule has 0 radical (unpaired) electrons. The lowest BCUT2D eigenvalue weighted by atomic mass is 10.3. The van der Waals surface area contributed by atoms with Crippen LogP contribution in [0.15, 0.2) is 34.1 Å². The van der Waals surface area contributed by atoms with Crippen LogP contribution in [0.2, 0.25) is 10.0 Å². The van der Waals surface area contributed by atoms with Gasteiger partial charge in [0.05, 0.1) is 42.6 Å². The molecule has 0 aliphatic rings. The lowest BCUT2D eigenvalue weighted by Crippen LogP contribution is -2.06. The van der Waals surface area contributed by atoms with E-state index in [4.69, 9.17) is 46.1 Å². The minimum absolute atomic E-state index is 0.0445. The third kappa shape index (κ3) is 2.67. The first-order valence-corrected chi connectivity index (χ1v) is 7.82. The van der Waals surface area contributed by atoms with Crippen LogP contribution in [0.4, 0.5) is 22.7 Å². The molecule has 8 N–H and O–H groups in total. The van der Waals surface area contributed by atoms with Crippen LogP contribution in [0.1, 0.15) is 0 Å². The van der Waals surface area contributed by atoms with Gasteiger partial charge >= 0.3 is 0 Å². The Kier molecular flexibility index (Phi) is 3.83. The normalized spacial score (nSPS) is 11.5. The van der Waals surface area contributed by atoms with Gasteiger partial charge in [-0.2, -0.15) is 0 Å². The molecular weight excluding hydrogens is 335 g/mol. The van der Waals surface area contributed by atoms with Crippen molar-refractivity contribution in [2.24, 2.45) is 0 Å². The Morgan fingerprint density at radius 2 is 1.05 bits per heavy atom. The van der Waals surface area contributed by atoms with Gasteiger partial charge in [-0.05, 0) is 24.3 Å². The summed E-state index contributed by atoms with van der Waals surface area (Å²) >= 11 is 11.7. The summed E-state index contributed by atoms with van der Waals surface area (Å²) in [5, 5.41) is 0.0891. The zero-order valence-electron chi connectivity index (χ0n) is 10.6. The first-order chi connectivity index (χ1) is 9.64. The third-order valence-corrected chi connectivity index (χ3v) is 5.23. The number of rotatable bonds is 2. The predicted molar refractivity (Wildman–Crippen MR) is 86.0 cm³/mol. The Hall–Kier alpha value is -1.83. The van der Waals surface area contributed by atoms with Gasteiger partial charge in [0.15, 0.2) is 0 Å². The van der Waals surface area contributed by atoms with Crippen molar-refractivity contribution in [2.75, 3.05) is 22.9 Å². The zero-order chi connectivity index (χ0) is 15.9. The fourth-order valence-electron chi connectivity index (χ4n) is 1.67. The number of hydrogen-bond donors (Lipinski definition) is 4. The molecule has 0 fully saturated rings. The predicted octanol–water partition coefficient (Wildman–Crippen LogP) is 2.15. The lowest BCUT2D eigenvalue weighted by Gasteiger charge is -2.11. The highest BCUT2D eigenvalue weighted by molar-refractivity contribution is 7.91. The van der Waals surface area contributed by atoms with Crippen molar-refractivity contribution >= 4 is 55.8 Å². The van der Waals surface area contributed by atoms with Crippen LogP contribution in [0.3, 0.4) is 0 Å². The fourth-order valence-corrected chi connectivity index (χ4v) is 3.64. The number of benzene rings is 2. The number of halogens is 2. The number of nitrogen functional groups attached to an aromatic ring is 4. The number of hydrogen-bond acceptors (Lipinski definition) is 6. The SMILES string of the molecule is Nc1cc(S(=O)(=O)c2cc(N)c(N)c(Cl)c2)cc(Cl)c1N. The molecule has 2 rings (SSSR count). The second kappa shape index (κ2) is 5.18. The summed E-state index contributed by atoms with van der Waals surface area (Å²) in [5.41, 5.74) is 22.8. The molecule has 0 saturated carbocycles. The van der Waals surface area contributed by atoms with Gasteiger partial charge in [0.1, 0.15) is 0 Å². The summed E-state index contributed by atoms with van der Waals surface area (Å²) in [5.74, 6) is 0. The molecule has 112 valence electrons.